The highest BCUT2D eigenvalue weighted by Gasteiger charge is 2.21. The quantitative estimate of drug-likeness (QED) is 0.720. The van der Waals surface area contributed by atoms with Crippen molar-refractivity contribution in [3.63, 3.8) is 0 Å². The van der Waals surface area contributed by atoms with E-state index in [1.165, 1.54) is 23.2 Å². The lowest BCUT2D eigenvalue weighted by atomic mass is 9.95. The van der Waals surface area contributed by atoms with Gasteiger partial charge in [-0.15, -0.1) is 11.8 Å². The fourth-order valence-corrected chi connectivity index (χ4v) is 2.24. The molecule has 0 spiro atoms. The van der Waals surface area contributed by atoms with Gasteiger partial charge >= 0.3 is 0 Å². The van der Waals surface area contributed by atoms with Gasteiger partial charge in [-0.05, 0) is 31.4 Å². The third-order valence-corrected chi connectivity index (χ3v) is 3.06. The van der Waals surface area contributed by atoms with E-state index in [9.17, 15) is 0 Å². The van der Waals surface area contributed by atoms with Crippen molar-refractivity contribution in [2.75, 3.05) is 11.9 Å². The van der Waals surface area contributed by atoms with Crippen molar-refractivity contribution >= 4 is 5.69 Å². The summed E-state index contributed by atoms with van der Waals surface area (Å²) in [4.78, 5) is 0. The molecular weight excluding hydrogens is 182 g/mol. The van der Waals surface area contributed by atoms with Crippen molar-refractivity contribution in [1.82, 2.24) is 0 Å². The Morgan fingerprint density at radius 3 is 3.13 bits per heavy atom. The van der Waals surface area contributed by atoms with Crippen molar-refractivity contribution in [2.45, 2.75) is 32.6 Å². The fraction of sp³-hybridized carbons (Fsp3) is 0.429. The van der Waals surface area contributed by atoms with E-state index in [0.717, 1.165) is 13.0 Å². The molecule has 0 aromatic heterocycles. The molecule has 1 atom stereocenters. The molecule has 78 valence electrons. The van der Waals surface area contributed by atoms with E-state index in [1.54, 1.807) is 0 Å². The molecule has 0 fully saturated rings. The first kappa shape index (κ1) is 10.1. The first-order valence-electron chi connectivity index (χ1n) is 5.56. The first-order chi connectivity index (χ1) is 7.33. The Labute approximate surface area is 91.9 Å². The maximum Gasteiger partial charge on any atom is 0.0406 e. The van der Waals surface area contributed by atoms with Crippen LogP contribution in [0.2, 0.25) is 0 Å². The SMILES string of the molecule is CC#CCCC1CNc2c(C)cccc21. The topological polar surface area (TPSA) is 12.0 Å². The monoisotopic (exact) mass is 199 g/mol. The smallest absolute Gasteiger partial charge is 0.0406 e. The van der Waals surface area contributed by atoms with Gasteiger partial charge in [0.2, 0.25) is 0 Å². The second-order valence-corrected chi connectivity index (χ2v) is 4.08. The molecule has 1 heteroatoms. The average Bonchev–Trinajstić information content (AvgIpc) is 2.64. The summed E-state index contributed by atoms with van der Waals surface area (Å²) in [7, 11) is 0. The van der Waals surface area contributed by atoms with Crippen LogP contribution in [-0.2, 0) is 0 Å². The van der Waals surface area contributed by atoms with Gasteiger partial charge in [-0.25, -0.2) is 0 Å². The van der Waals surface area contributed by atoms with Crippen molar-refractivity contribution in [3.8, 4) is 11.8 Å². The van der Waals surface area contributed by atoms with Gasteiger partial charge in [-0.3, -0.25) is 0 Å². The Hall–Kier alpha value is -1.42. The predicted octanol–water partition coefficient (Wildman–Crippen LogP) is 3.31. The molecule has 1 unspecified atom stereocenters. The Kier molecular flexibility index (Phi) is 2.97. The second kappa shape index (κ2) is 4.40. The number of rotatable bonds is 2. The van der Waals surface area contributed by atoms with Crippen molar-refractivity contribution in [1.29, 1.82) is 0 Å². The lowest BCUT2D eigenvalue weighted by Gasteiger charge is -2.07. The number of para-hydroxylation sites is 1. The summed E-state index contributed by atoms with van der Waals surface area (Å²) >= 11 is 0. The van der Waals surface area contributed by atoms with Crippen LogP contribution in [0.3, 0.4) is 0 Å². The molecule has 2 rings (SSSR count). The highest BCUT2D eigenvalue weighted by atomic mass is 14.9. The number of hydrogen-bond acceptors (Lipinski definition) is 1. The molecule has 1 aromatic carbocycles. The lowest BCUT2D eigenvalue weighted by Crippen LogP contribution is -2.01. The Bertz CT molecular complexity index is 409. The van der Waals surface area contributed by atoms with Crippen LogP contribution in [0.25, 0.3) is 0 Å². The molecule has 0 amide bonds. The standard InChI is InChI=1S/C14H17N/c1-3-4-5-8-12-10-15-14-11(2)7-6-9-13(12)14/h6-7,9,12,15H,5,8,10H2,1-2H3. The van der Waals surface area contributed by atoms with Crippen LogP contribution >= 0.6 is 0 Å². The number of anilines is 1. The van der Waals surface area contributed by atoms with Gasteiger partial charge in [-0.2, -0.15) is 0 Å². The van der Waals surface area contributed by atoms with E-state index < -0.39 is 0 Å². The number of fused-ring (bicyclic) bond motifs is 1. The molecule has 1 nitrogen and oxygen atoms in total. The van der Waals surface area contributed by atoms with Gasteiger partial charge in [0.25, 0.3) is 0 Å². The van der Waals surface area contributed by atoms with Crippen LogP contribution in [0.1, 0.15) is 36.8 Å². The third kappa shape index (κ3) is 1.99. The van der Waals surface area contributed by atoms with Crippen molar-refractivity contribution in [2.24, 2.45) is 0 Å². The van der Waals surface area contributed by atoms with Crippen LogP contribution in [0.4, 0.5) is 5.69 Å². The molecule has 0 aliphatic carbocycles. The minimum atomic E-state index is 0.653. The zero-order valence-corrected chi connectivity index (χ0v) is 9.43. The molecule has 1 aromatic rings. The van der Waals surface area contributed by atoms with Crippen LogP contribution in [0.15, 0.2) is 18.2 Å². The molecule has 1 N–H and O–H groups in total. The van der Waals surface area contributed by atoms with E-state index in [4.69, 9.17) is 0 Å². The summed E-state index contributed by atoms with van der Waals surface area (Å²) in [6, 6.07) is 6.56. The molecule has 1 aliphatic rings. The summed E-state index contributed by atoms with van der Waals surface area (Å²) in [6.07, 6.45) is 2.18. The molecule has 0 saturated heterocycles. The normalized spacial score (nSPS) is 17.6. The number of nitrogens with one attached hydrogen (secondary N) is 1. The van der Waals surface area contributed by atoms with Gasteiger partial charge in [0, 0.05) is 24.6 Å². The maximum atomic E-state index is 3.50. The van der Waals surface area contributed by atoms with E-state index in [-0.39, 0.29) is 0 Å². The number of benzene rings is 1. The largest absolute Gasteiger partial charge is 0.384 e. The fourth-order valence-electron chi connectivity index (χ4n) is 2.24. The summed E-state index contributed by atoms with van der Waals surface area (Å²) < 4.78 is 0. The molecule has 1 aliphatic heterocycles. The van der Waals surface area contributed by atoms with Crippen molar-refractivity contribution < 1.29 is 0 Å². The Balaban J connectivity index is 2.13. The third-order valence-electron chi connectivity index (χ3n) is 3.06. The van der Waals surface area contributed by atoms with E-state index in [1.807, 2.05) is 6.92 Å². The van der Waals surface area contributed by atoms with Gasteiger partial charge in [-0.1, -0.05) is 18.2 Å². The highest BCUT2D eigenvalue weighted by molar-refractivity contribution is 5.62. The molecule has 0 radical (unpaired) electrons. The second-order valence-electron chi connectivity index (χ2n) is 4.08. The van der Waals surface area contributed by atoms with E-state index >= 15 is 0 Å². The highest BCUT2D eigenvalue weighted by Crippen LogP contribution is 2.36. The predicted molar refractivity (Wildman–Crippen MR) is 65.1 cm³/mol. The van der Waals surface area contributed by atoms with Crippen molar-refractivity contribution in [3.05, 3.63) is 29.3 Å². The molecule has 1 heterocycles. The molecular formula is C14H17N. The van der Waals surface area contributed by atoms with E-state index in [0.29, 0.717) is 5.92 Å². The maximum absolute atomic E-state index is 3.50. The minimum Gasteiger partial charge on any atom is -0.384 e. The van der Waals surface area contributed by atoms with Gasteiger partial charge in [0.1, 0.15) is 0 Å². The van der Waals surface area contributed by atoms with Crippen LogP contribution < -0.4 is 5.32 Å². The van der Waals surface area contributed by atoms with Crippen LogP contribution in [0.5, 0.6) is 0 Å². The molecule has 0 bridgehead atoms. The lowest BCUT2D eigenvalue weighted by molar-refractivity contribution is 0.693. The Morgan fingerprint density at radius 2 is 2.33 bits per heavy atom. The van der Waals surface area contributed by atoms with Gasteiger partial charge in [0.05, 0.1) is 0 Å². The van der Waals surface area contributed by atoms with Crippen LogP contribution in [-0.4, -0.2) is 6.54 Å². The summed E-state index contributed by atoms with van der Waals surface area (Å²) in [5, 5.41) is 3.50. The summed E-state index contributed by atoms with van der Waals surface area (Å²) in [5.41, 5.74) is 4.19. The summed E-state index contributed by atoms with van der Waals surface area (Å²) in [5.74, 6) is 6.75. The average molecular weight is 199 g/mol. The minimum absolute atomic E-state index is 0.653. The summed E-state index contributed by atoms with van der Waals surface area (Å²) in [6.45, 7) is 5.15. The zero-order valence-electron chi connectivity index (χ0n) is 9.43. The van der Waals surface area contributed by atoms with E-state index in [2.05, 4.69) is 42.3 Å². The Morgan fingerprint density at radius 1 is 1.47 bits per heavy atom. The zero-order chi connectivity index (χ0) is 10.7. The molecule has 15 heavy (non-hydrogen) atoms. The van der Waals surface area contributed by atoms with Crippen LogP contribution in [0, 0.1) is 18.8 Å². The molecule has 0 saturated carbocycles. The number of aryl methyl sites for hydroxylation is 1. The van der Waals surface area contributed by atoms with Gasteiger partial charge < -0.3 is 5.32 Å². The van der Waals surface area contributed by atoms with Gasteiger partial charge in [0.15, 0.2) is 0 Å². The first-order valence-corrected chi connectivity index (χ1v) is 5.56. The number of hydrogen-bond donors (Lipinski definition) is 1.